The summed E-state index contributed by atoms with van der Waals surface area (Å²) in [6.07, 6.45) is 0. The van der Waals surface area contributed by atoms with Crippen molar-refractivity contribution in [3.05, 3.63) is 28.5 Å². The van der Waals surface area contributed by atoms with Crippen LogP contribution in [-0.2, 0) is 7.05 Å². The maximum absolute atomic E-state index is 4.43. The molecular formula is C9H9BrN2. The van der Waals surface area contributed by atoms with Crippen LogP contribution >= 0.6 is 15.9 Å². The lowest BCUT2D eigenvalue weighted by atomic mass is 10.3. The Hall–Kier alpha value is -0.830. The number of fused-ring (bicyclic) bond motifs is 1. The second-order valence-corrected chi connectivity index (χ2v) is 3.70. The van der Waals surface area contributed by atoms with Crippen LogP contribution < -0.4 is 0 Å². The minimum absolute atomic E-state index is 1.03. The summed E-state index contributed by atoms with van der Waals surface area (Å²) >= 11 is 3.46. The molecule has 0 radical (unpaired) electrons. The maximum atomic E-state index is 4.43. The zero-order valence-electron chi connectivity index (χ0n) is 7.00. The predicted octanol–water partition coefficient (Wildman–Crippen LogP) is 2.64. The van der Waals surface area contributed by atoms with Crippen molar-refractivity contribution >= 4 is 27.0 Å². The van der Waals surface area contributed by atoms with Gasteiger partial charge in [0.15, 0.2) is 0 Å². The van der Waals surface area contributed by atoms with Gasteiger partial charge in [-0.3, -0.25) is 0 Å². The number of hydrogen-bond donors (Lipinski definition) is 0. The highest BCUT2D eigenvalue weighted by atomic mass is 79.9. The fourth-order valence-corrected chi connectivity index (χ4v) is 1.68. The SMILES string of the molecule is Cc1ccc2cc(Br)n(C)c2n1. The summed E-state index contributed by atoms with van der Waals surface area (Å²) in [7, 11) is 2.00. The van der Waals surface area contributed by atoms with Gasteiger partial charge in [-0.15, -0.1) is 0 Å². The number of rotatable bonds is 0. The highest BCUT2D eigenvalue weighted by molar-refractivity contribution is 9.10. The van der Waals surface area contributed by atoms with Gasteiger partial charge in [0.1, 0.15) is 5.65 Å². The van der Waals surface area contributed by atoms with E-state index in [1.165, 1.54) is 5.39 Å². The van der Waals surface area contributed by atoms with E-state index in [9.17, 15) is 0 Å². The van der Waals surface area contributed by atoms with Crippen LogP contribution in [0.15, 0.2) is 22.8 Å². The summed E-state index contributed by atoms with van der Waals surface area (Å²) in [5.41, 5.74) is 2.08. The van der Waals surface area contributed by atoms with Gasteiger partial charge in [0, 0.05) is 18.1 Å². The number of halogens is 1. The van der Waals surface area contributed by atoms with Gasteiger partial charge in [0.25, 0.3) is 0 Å². The molecule has 2 heterocycles. The fourth-order valence-electron chi connectivity index (χ4n) is 1.26. The molecule has 2 aromatic rings. The molecule has 0 bridgehead atoms. The molecule has 0 N–H and O–H groups in total. The second-order valence-electron chi connectivity index (χ2n) is 2.89. The van der Waals surface area contributed by atoms with E-state index in [1.807, 2.05) is 24.6 Å². The second kappa shape index (κ2) is 2.59. The molecule has 0 fully saturated rings. The minimum Gasteiger partial charge on any atom is -0.323 e. The van der Waals surface area contributed by atoms with Crippen molar-refractivity contribution in [2.75, 3.05) is 0 Å². The maximum Gasteiger partial charge on any atom is 0.140 e. The van der Waals surface area contributed by atoms with Crippen LogP contribution in [-0.4, -0.2) is 9.55 Å². The minimum atomic E-state index is 1.03. The van der Waals surface area contributed by atoms with E-state index in [0.29, 0.717) is 0 Å². The van der Waals surface area contributed by atoms with E-state index in [-0.39, 0.29) is 0 Å². The first-order valence-electron chi connectivity index (χ1n) is 3.77. The Morgan fingerprint density at radius 2 is 2.17 bits per heavy atom. The summed E-state index contributed by atoms with van der Waals surface area (Å²) in [4.78, 5) is 4.43. The van der Waals surface area contributed by atoms with Gasteiger partial charge in [0.05, 0.1) is 4.60 Å². The van der Waals surface area contributed by atoms with Crippen LogP contribution in [0.5, 0.6) is 0 Å². The Labute approximate surface area is 79.3 Å². The van der Waals surface area contributed by atoms with Crippen molar-refractivity contribution in [2.45, 2.75) is 6.92 Å². The fraction of sp³-hybridized carbons (Fsp3) is 0.222. The number of hydrogen-bond acceptors (Lipinski definition) is 1. The monoisotopic (exact) mass is 224 g/mol. The van der Waals surface area contributed by atoms with Crippen molar-refractivity contribution < 1.29 is 0 Å². The molecule has 12 heavy (non-hydrogen) atoms. The molecule has 0 aliphatic heterocycles. The Morgan fingerprint density at radius 1 is 1.42 bits per heavy atom. The van der Waals surface area contributed by atoms with Crippen LogP contribution in [0.2, 0.25) is 0 Å². The molecule has 0 aliphatic rings. The van der Waals surface area contributed by atoms with Gasteiger partial charge in [-0.25, -0.2) is 4.98 Å². The molecule has 0 aromatic carbocycles. The quantitative estimate of drug-likeness (QED) is 0.673. The van der Waals surface area contributed by atoms with Gasteiger partial charge in [0.2, 0.25) is 0 Å². The average Bonchev–Trinajstić information content (AvgIpc) is 2.31. The van der Waals surface area contributed by atoms with Gasteiger partial charge in [-0.05, 0) is 41.1 Å². The van der Waals surface area contributed by atoms with Crippen molar-refractivity contribution in [1.82, 2.24) is 9.55 Å². The highest BCUT2D eigenvalue weighted by Gasteiger charge is 2.03. The number of pyridine rings is 1. The van der Waals surface area contributed by atoms with E-state index in [0.717, 1.165) is 15.9 Å². The normalized spacial score (nSPS) is 10.9. The van der Waals surface area contributed by atoms with Crippen LogP contribution in [0.3, 0.4) is 0 Å². The summed E-state index contributed by atoms with van der Waals surface area (Å²) in [5, 5.41) is 1.18. The predicted molar refractivity (Wildman–Crippen MR) is 53.2 cm³/mol. The van der Waals surface area contributed by atoms with E-state index >= 15 is 0 Å². The Morgan fingerprint density at radius 3 is 2.92 bits per heavy atom. The number of nitrogens with zero attached hydrogens (tertiary/aromatic N) is 2. The Balaban J connectivity index is 2.88. The van der Waals surface area contributed by atoms with Crippen LogP contribution in [0, 0.1) is 6.92 Å². The van der Waals surface area contributed by atoms with Gasteiger partial charge in [-0.2, -0.15) is 0 Å². The summed E-state index contributed by atoms with van der Waals surface area (Å²) in [5.74, 6) is 0. The van der Waals surface area contributed by atoms with Crippen LogP contribution in [0.25, 0.3) is 11.0 Å². The molecule has 62 valence electrons. The average molecular weight is 225 g/mol. The smallest absolute Gasteiger partial charge is 0.140 e. The first kappa shape index (κ1) is 7.80. The first-order valence-corrected chi connectivity index (χ1v) is 4.56. The molecule has 0 spiro atoms. The number of aryl methyl sites for hydroxylation is 2. The van der Waals surface area contributed by atoms with E-state index in [2.05, 4.69) is 33.0 Å². The summed E-state index contributed by atoms with van der Waals surface area (Å²) in [6, 6.07) is 6.18. The molecule has 2 nitrogen and oxygen atoms in total. The highest BCUT2D eigenvalue weighted by Crippen LogP contribution is 2.20. The van der Waals surface area contributed by atoms with Crippen molar-refractivity contribution in [3.63, 3.8) is 0 Å². The Kier molecular flexibility index (Phi) is 1.68. The Bertz CT molecular complexity index is 431. The molecule has 0 atom stereocenters. The van der Waals surface area contributed by atoms with Crippen molar-refractivity contribution in [2.24, 2.45) is 7.05 Å². The third kappa shape index (κ3) is 1.05. The van der Waals surface area contributed by atoms with Gasteiger partial charge < -0.3 is 4.57 Å². The zero-order valence-corrected chi connectivity index (χ0v) is 8.59. The summed E-state index contributed by atoms with van der Waals surface area (Å²) < 4.78 is 3.10. The summed E-state index contributed by atoms with van der Waals surface area (Å²) in [6.45, 7) is 2.00. The zero-order chi connectivity index (χ0) is 8.72. The van der Waals surface area contributed by atoms with Crippen LogP contribution in [0.4, 0.5) is 0 Å². The lowest BCUT2D eigenvalue weighted by molar-refractivity contribution is 0.918. The molecule has 3 heteroatoms. The largest absolute Gasteiger partial charge is 0.323 e. The standard InChI is InChI=1S/C9H9BrN2/c1-6-3-4-7-5-8(10)12(2)9(7)11-6/h3-5H,1-2H3. The third-order valence-electron chi connectivity index (χ3n) is 1.96. The van der Waals surface area contributed by atoms with Gasteiger partial charge >= 0.3 is 0 Å². The molecule has 0 amide bonds. The lowest BCUT2D eigenvalue weighted by Crippen LogP contribution is -1.90. The molecule has 2 rings (SSSR count). The van der Waals surface area contributed by atoms with E-state index in [1.54, 1.807) is 0 Å². The van der Waals surface area contributed by atoms with Crippen molar-refractivity contribution in [3.8, 4) is 0 Å². The molecule has 0 aliphatic carbocycles. The molecular weight excluding hydrogens is 216 g/mol. The van der Waals surface area contributed by atoms with Crippen molar-refractivity contribution in [1.29, 1.82) is 0 Å². The molecule has 2 aromatic heterocycles. The molecule has 0 saturated heterocycles. The number of aromatic nitrogens is 2. The first-order chi connectivity index (χ1) is 5.68. The topological polar surface area (TPSA) is 17.8 Å². The van der Waals surface area contributed by atoms with Crippen LogP contribution in [0.1, 0.15) is 5.69 Å². The third-order valence-corrected chi connectivity index (χ3v) is 2.72. The molecule has 0 saturated carbocycles. The van der Waals surface area contributed by atoms with Gasteiger partial charge in [-0.1, -0.05) is 0 Å². The lowest BCUT2D eigenvalue weighted by Gasteiger charge is -1.96. The van der Waals surface area contributed by atoms with E-state index in [4.69, 9.17) is 0 Å². The molecule has 0 unspecified atom stereocenters. The van der Waals surface area contributed by atoms with E-state index < -0.39 is 0 Å².